The molecule has 0 bridgehead atoms. The molecule has 0 atom stereocenters. The number of nitrogens with one attached hydrogen (secondary N) is 2. The van der Waals surface area contributed by atoms with Crippen LogP contribution in [0.5, 0.6) is 17.4 Å². The van der Waals surface area contributed by atoms with Crippen LogP contribution in [0.25, 0.3) is 10.8 Å². The Labute approximate surface area is 273 Å². The summed E-state index contributed by atoms with van der Waals surface area (Å²) in [6.45, 7) is 0. The Bertz CT molecular complexity index is 1890. The van der Waals surface area contributed by atoms with Gasteiger partial charge in [0.15, 0.2) is 0 Å². The van der Waals surface area contributed by atoms with Crippen LogP contribution in [-0.4, -0.2) is 40.0 Å². The topological polar surface area (TPSA) is 127 Å². The molecule has 6 rings (SSSR count). The molecule has 1 heterocycles. The summed E-state index contributed by atoms with van der Waals surface area (Å²) in [6, 6.07) is 28.5. The number of halogens is 1. The number of aromatic carboxylic acids is 1. The first-order chi connectivity index (χ1) is 22.3. The predicted molar refractivity (Wildman–Crippen MR) is 178 cm³/mol. The van der Waals surface area contributed by atoms with Crippen molar-refractivity contribution in [3.63, 3.8) is 0 Å². The Balaban J connectivity index is 1.01. The van der Waals surface area contributed by atoms with Gasteiger partial charge in [0.2, 0.25) is 5.88 Å². The SMILES string of the molecule is O=C(Nc1ccccc1C(=O)O)c1ccc(Oc2ccc3cc(OC4CCC(NC(=O)c5ccc(Br)cc5)CC4)ccc3c2)nc1. The highest BCUT2D eigenvalue weighted by Crippen LogP contribution is 2.30. The standard InChI is InChI=1S/C36H30BrN3O6/c37-26-10-5-22(6-11-26)34(41)39-27-12-16-28(17-13-27)45-29-14-7-24-20-30(15-8-23(24)19-29)46-33-18-9-25(21-38-33)35(42)40-32-4-2-1-3-31(32)36(43)44/h1-11,14-15,18-21,27-28H,12-13,16-17H2,(H,39,41)(H,40,42)(H,43,44). The largest absolute Gasteiger partial charge is 0.490 e. The molecular weight excluding hydrogens is 650 g/mol. The number of carboxylic acid groups (broad SMARTS) is 1. The third-order valence-corrected chi connectivity index (χ3v) is 8.36. The smallest absolute Gasteiger partial charge is 0.337 e. The predicted octanol–water partition coefficient (Wildman–Crippen LogP) is 7.86. The first-order valence-electron chi connectivity index (χ1n) is 14.9. The van der Waals surface area contributed by atoms with Gasteiger partial charge in [-0.15, -0.1) is 0 Å². The molecule has 3 N–H and O–H groups in total. The minimum atomic E-state index is -1.13. The Morgan fingerprint density at radius 1 is 0.761 bits per heavy atom. The molecule has 1 saturated carbocycles. The summed E-state index contributed by atoms with van der Waals surface area (Å²) >= 11 is 3.40. The Morgan fingerprint density at radius 3 is 2.13 bits per heavy atom. The number of hydrogen-bond donors (Lipinski definition) is 3. The molecule has 10 heteroatoms. The molecule has 9 nitrogen and oxygen atoms in total. The lowest BCUT2D eigenvalue weighted by atomic mass is 9.92. The highest BCUT2D eigenvalue weighted by molar-refractivity contribution is 9.10. The number of aromatic nitrogens is 1. The van der Waals surface area contributed by atoms with Crippen LogP contribution in [0.4, 0.5) is 5.69 Å². The van der Waals surface area contributed by atoms with Gasteiger partial charge in [-0.25, -0.2) is 9.78 Å². The number of rotatable bonds is 9. The van der Waals surface area contributed by atoms with Crippen LogP contribution in [-0.2, 0) is 0 Å². The number of carbonyl (C=O) groups excluding carboxylic acids is 2. The van der Waals surface area contributed by atoms with Crippen LogP contribution in [0, 0.1) is 0 Å². The zero-order chi connectivity index (χ0) is 32.0. The van der Waals surface area contributed by atoms with E-state index in [0.29, 0.717) is 17.2 Å². The molecule has 0 radical (unpaired) electrons. The molecule has 4 aromatic carbocycles. The van der Waals surface area contributed by atoms with Gasteiger partial charge in [-0.2, -0.15) is 0 Å². The summed E-state index contributed by atoms with van der Waals surface area (Å²) in [6.07, 6.45) is 4.91. The van der Waals surface area contributed by atoms with Gasteiger partial charge >= 0.3 is 5.97 Å². The highest BCUT2D eigenvalue weighted by Gasteiger charge is 2.24. The second-order valence-electron chi connectivity index (χ2n) is 11.0. The number of amides is 2. The fourth-order valence-electron chi connectivity index (χ4n) is 5.39. The van der Waals surface area contributed by atoms with E-state index in [9.17, 15) is 19.5 Å². The second kappa shape index (κ2) is 13.8. The molecule has 0 spiro atoms. The first kappa shape index (κ1) is 30.8. The average Bonchev–Trinajstić information content (AvgIpc) is 3.06. The van der Waals surface area contributed by atoms with Gasteiger partial charge in [-0.3, -0.25) is 9.59 Å². The van der Waals surface area contributed by atoms with E-state index in [1.165, 1.54) is 18.3 Å². The van der Waals surface area contributed by atoms with Crippen LogP contribution in [0.15, 0.2) is 108 Å². The monoisotopic (exact) mass is 679 g/mol. The maximum atomic E-state index is 12.7. The number of nitrogens with zero attached hydrogens (tertiary/aromatic N) is 1. The minimum Gasteiger partial charge on any atom is -0.490 e. The van der Waals surface area contributed by atoms with Crippen molar-refractivity contribution in [3.05, 3.63) is 124 Å². The summed E-state index contributed by atoms with van der Waals surface area (Å²) < 4.78 is 13.2. The van der Waals surface area contributed by atoms with Crippen molar-refractivity contribution in [3.8, 4) is 17.4 Å². The number of anilines is 1. The van der Waals surface area contributed by atoms with E-state index in [0.717, 1.165) is 46.7 Å². The molecular formula is C36H30BrN3O6. The van der Waals surface area contributed by atoms with Crippen molar-refractivity contribution in [2.75, 3.05) is 5.32 Å². The number of benzene rings is 4. The summed E-state index contributed by atoms with van der Waals surface area (Å²) in [5.74, 6) is 0.0376. The van der Waals surface area contributed by atoms with Crippen LogP contribution >= 0.6 is 15.9 Å². The van der Waals surface area contributed by atoms with E-state index in [2.05, 4.69) is 31.5 Å². The first-order valence-corrected chi connectivity index (χ1v) is 15.6. The Kier molecular flexibility index (Phi) is 9.25. The van der Waals surface area contributed by atoms with Gasteiger partial charge < -0.3 is 25.2 Å². The average molecular weight is 681 g/mol. The summed E-state index contributed by atoms with van der Waals surface area (Å²) in [5, 5.41) is 17.1. The van der Waals surface area contributed by atoms with Gasteiger partial charge in [0, 0.05) is 28.3 Å². The number of carboxylic acids is 1. The summed E-state index contributed by atoms with van der Waals surface area (Å²) in [7, 11) is 0. The maximum Gasteiger partial charge on any atom is 0.337 e. The van der Waals surface area contributed by atoms with E-state index in [4.69, 9.17) is 9.47 Å². The molecule has 0 saturated heterocycles. The van der Waals surface area contributed by atoms with Crippen molar-refractivity contribution < 1.29 is 29.0 Å². The van der Waals surface area contributed by atoms with Crippen molar-refractivity contribution >= 4 is 50.2 Å². The lowest BCUT2D eigenvalue weighted by molar-refractivity contribution is 0.0697. The van der Waals surface area contributed by atoms with Crippen LogP contribution < -0.4 is 20.1 Å². The van der Waals surface area contributed by atoms with Gasteiger partial charge in [0.1, 0.15) is 11.5 Å². The van der Waals surface area contributed by atoms with Crippen LogP contribution in [0.3, 0.4) is 0 Å². The molecule has 1 aromatic heterocycles. The summed E-state index contributed by atoms with van der Waals surface area (Å²) in [5.41, 5.74) is 1.12. The lowest BCUT2D eigenvalue weighted by Crippen LogP contribution is -2.39. The third-order valence-electron chi connectivity index (χ3n) is 7.83. The molecule has 232 valence electrons. The maximum absolute atomic E-state index is 12.7. The normalized spacial score (nSPS) is 15.9. The van der Waals surface area contributed by atoms with Crippen molar-refractivity contribution in [1.82, 2.24) is 10.3 Å². The van der Waals surface area contributed by atoms with Crippen molar-refractivity contribution in [2.24, 2.45) is 0 Å². The number of para-hydroxylation sites is 1. The molecule has 1 aliphatic rings. The molecule has 1 fully saturated rings. The Hall–Kier alpha value is -5.22. The lowest BCUT2D eigenvalue weighted by Gasteiger charge is -2.29. The third kappa shape index (κ3) is 7.52. The number of carbonyl (C=O) groups is 3. The van der Waals surface area contributed by atoms with Gasteiger partial charge in [0.25, 0.3) is 11.8 Å². The zero-order valence-corrected chi connectivity index (χ0v) is 26.2. The minimum absolute atomic E-state index is 0.00116. The van der Waals surface area contributed by atoms with Crippen molar-refractivity contribution in [2.45, 2.75) is 37.8 Å². The van der Waals surface area contributed by atoms with E-state index in [-0.39, 0.29) is 34.9 Å². The number of hydrogen-bond acceptors (Lipinski definition) is 6. The van der Waals surface area contributed by atoms with E-state index in [1.807, 2.05) is 60.7 Å². The number of ether oxygens (including phenoxy) is 2. The zero-order valence-electron chi connectivity index (χ0n) is 24.6. The molecule has 46 heavy (non-hydrogen) atoms. The fourth-order valence-corrected chi connectivity index (χ4v) is 5.66. The molecule has 1 aliphatic carbocycles. The van der Waals surface area contributed by atoms with Crippen molar-refractivity contribution in [1.29, 1.82) is 0 Å². The van der Waals surface area contributed by atoms with E-state index < -0.39 is 11.9 Å². The molecule has 0 aliphatic heterocycles. The van der Waals surface area contributed by atoms with E-state index >= 15 is 0 Å². The van der Waals surface area contributed by atoms with Gasteiger partial charge in [0.05, 0.1) is 22.9 Å². The van der Waals surface area contributed by atoms with Crippen LogP contribution in [0.2, 0.25) is 0 Å². The second-order valence-corrected chi connectivity index (χ2v) is 12.0. The van der Waals surface area contributed by atoms with Gasteiger partial charge in [-0.05, 0) is 103 Å². The van der Waals surface area contributed by atoms with Gasteiger partial charge in [-0.1, -0.05) is 40.2 Å². The molecule has 2 amide bonds. The molecule has 0 unspecified atom stereocenters. The summed E-state index contributed by atoms with van der Waals surface area (Å²) in [4.78, 5) is 40.9. The quantitative estimate of drug-likeness (QED) is 0.145. The van der Waals surface area contributed by atoms with Crippen LogP contribution in [0.1, 0.15) is 56.8 Å². The number of pyridine rings is 1. The fraction of sp³-hybridized carbons (Fsp3) is 0.167. The Morgan fingerprint density at radius 2 is 1.43 bits per heavy atom. The molecule has 5 aromatic rings. The van der Waals surface area contributed by atoms with E-state index in [1.54, 1.807) is 24.3 Å². The number of fused-ring (bicyclic) bond motifs is 1. The highest BCUT2D eigenvalue weighted by atomic mass is 79.9.